The zero-order chi connectivity index (χ0) is 15.7. The Hall–Kier alpha value is -2.30. The molecule has 22 heavy (non-hydrogen) atoms. The summed E-state index contributed by atoms with van der Waals surface area (Å²) < 4.78 is 0. The first-order chi connectivity index (χ1) is 10.5. The lowest BCUT2D eigenvalue weighted by Crippen LogP contribution is -2.22. The Morgan fingerprint density at radius 3 is 2.68 bits per heavy atom. The van der Waals surface area contributed by atoms with Gasteiger partial charge in [0, 0.05) is 5.56 Å². The van der Waals surface area contributed by atoms with Gasteiger partial charge in [-0.1, -0.05) is 47.5 Å². The van der Waals surface area contributed by atoms with Crippen LogP contribution >= 0.6 is 23.2 Å². The largest absolute Gasteiger partial charge is 0.545 e. The van der Waals surface area contributed by atoms with Gasteiger partial charge in [0.25, 0.3) is 0 Å². The van der Waals surface area contributed by atoms with E-state index in [4.69, 9.17) is 23.2 Å². The highest BCUT2D eigenvalue weighted by Gasteiger charge is 2.06. The van der Waals surface area contributed by atoms with Crippen LogP contribution in [-0.2, 0) is 0 Å². The van der Waals surface area contributed by atoms with Gasteiger partial charge in [0.1, 0.15) is 5.82 Å². The van der Waals surface area contributed by atoms with Gasteiger partial charge in [0.2, 0.25) is 0 Å². The van der Waals surface area contributed by atoms with Gasteiger partial charge in [-0.25, -0.2) is 4.98 Å². The number of aromatic nitrogens is 2. The lowest BCUT2D eigenvalue weighted by atomic mass is 10.2. The second kappa shape index (κ2) is 5.83. The highest BCUT2D eigenvalue weighted by molar-refractivity contribution is 6.42. The normalized spacial score (nSPS) is 11.4. The summed E-state index contributed by atoms with van der Waals surface area (Å²) >= 11 is 11.8. The van der Waals surface area contributed by atoms with Crippen molar-refractivity contribution < 1.29 is 9.90 Å². The Morgan fingerprint density at radius 2 is 1.95 bits per heavy atom. The number of carboxylic acid groups (broad SMARTS) is 1. The molecule has 3 rings (SSSR count). The minimum absolute atomic E-state index is 0.0583. The van der Waals surface area contributed by atoms with E-state index >= 15 is 0 Å². The average Bonchev–Trinajstić information content (AvgIpc) is 2.91. The Bertz CT molecular complexity index is 900. The van der Waals surface area contributed by atoms with Crippen molar-refractivity contribution in [1.82, 2.24) is 9.97 Å². The minimum Gasteiger partial charge on any atom is -0.545 e. The molecular weight excluding hydrogens is 323 g/mol. The van der Waals surface area contributed by atoms with E-state index in [9.17, 15) is 9.90 Å². The summed E-state index contributed by atoms with van der Waals surface area (Å²) in [7, 11) is 0. The molecular formula is C16H9Cl2N2O2-. The number of carbonyl (C=O) groups excluding carboxylic acids is 1. The van der Waals surface area contributed by atoms with Crippen molar-refractivity contribution in [2.75, 3.05) is 0 Å². The van der Waals surface area contributed by atoms with E-state index in [1.165, 1.54) is 6.07 Å². The fourth-order valence-electron chi connectivity index (χ4n) is 2.09. The molecule has 0 aliphatic carbocycles. The monoisotopic (exact) mass is 331 g/mol. The van der Waals surface area contributed by atoms with Crippen LogP contribution in [0.4, 0.5) is 0 Å². The Labute approximate surface area is 136 Å². The molecule has 0 bridgehead atoms. The Kier molecular flexibility index (Phi) is 3.88. The molecule has 0 aliphatic heterocycles. The third-order valence-electron chi connectivity index (χ3n) is 3.13. The molecule has 1 aromatic heterocycles. The van der Waals surface area contributed by atoms with E-state index in [2.05, 4.69) is 9.97 Å². The molecule has 3 aromatic rings. The molecule has 0 saturated carbocycles. The quantitative estimate of drug-likeness (QED) is 0.799. The van der Waals surface area contributed by atoms with Gasteiger partial charge in [-0.15, -0.1) is 0 Å². The maximum atomic E-state index is 11.1. The van der Waals surface area contributed by atoms with Crippen LogP contribution in [0.25, 0.3) is 23.2 Å². The summed E-state index contributed by atoms with van der Waals surface area (Å²) in [4.78, 5) is 18.4. The van der Waals surface area contributed by atoms with E-state index < -0.39 is 5.97 Å². The topological polar surface area (TPSA) is 68.8 Å². The SMILES string of the molecule is O=C([O-])c1cccc2[nH]c(/C=C/c3ccc(Cl)c(Cl)c3)nc12. The van der Waals surface area contributed by atoms with E-state index in [0.717, 1.165) is 5.56 Å². The molecule has 110 valence electrons. The number of carboxylic acids is 1. The standard InChI is InChI=1S/C16H10Cl2N2O2/c17-11-6-4-9(8-12(11)18)5-7-14-19-13-3-1-2-10(16(21)22)15(13)20-14/h1-8H,(H,19,20)(H,21,22)/p-1/b7-5+. The number of carbonyl (C=O) groups is 1. The number of fused-ring (bicyclic) bond motifs is 1. The molecule has 0 unspecified atom stereocenters. The van der Waals surface area contributed by atoms with Gasteiger partial charge in [-0.2, -0.15) is 0 Å². The lowest BCUT2D eigenvalue weighted by Gasteiger charge is -2.01. The highest BCUT2D eigenvalue weighted by atomic mass is 35.5. The van der Waals surface area contributed by atoms with Crippen LogP contribution < -0.4 is 5.11 Å². The molecule has 0 aliphatic rings. The van der Waals surface area contributed by atoms with Crippen molar-refractivity contribution in [2.24, 2.45) is 0 Å². The number of hydrogen-bond donors (Lipinski definition) is 1. The second-order valence-electron chi connectivity index (χ2n) is 4.62. The molecule has 6 heteroatoms. The van der Waals surface area contributed by atoms with E-state index in [1.807, 2.05) is 6.07 Å². The van der Waals surface area contributed by atoms with Gasteiger partial charge in [0.15, 0.2) is 0 Å². The van der Waals surface area contributed by atoms with Gasteiger partial charge in [-0.05, 0) is 29.8 Å². The average molecular weight is 332 g/mol. The van der Waals surface area contributed by atoms with Crippen LogP contribution in [0.2, 0.25) is 10.0 Å². The Morgan fingerprint density at radius 1 is 1.14 bits per heavy atom. The number of para-hydroxylation sites is 1. The molecule has 0 radical (unpaired) electrons. The van der Waals surface area contributed by atoms with Crippen LogP contribution in [0.1, 0.15) is 21.7 Å². The number of halogens is 2. The molecule has 0 saturated heterocycles. The predicted octanol–water partition coefficient (Wildman–Crippen LogP) is 3.40. The van der Waals surface area contributed by atoms with Crippen LogP contribution in [0.15, 0.2) is 36.4 Å². The first-order valence-corrected chi connectivity index (χ1v) is 7.13. The highest BCUT2D eigenvalue weighted by Crippen LogP contribution is 2.23. The molecule has 0 fully saturated rings. The fraction of sp³-hybridized carbons (Fsp3) is 0. The van der Waals surface area contributed by atoms with Crippen molar-refractivity contribution in [3.63, 3.8) is 0 Å². The van der Waals surface area contributed by atoms with E-state index in [-0.39, 0.29) is 5.56 Å². The molecule has 2 aromatic carbocycles. The summed E-state index contributed by atoms with van der Waals surface area (Å²) in [5.41, 5.74) is 1.92. The Balaban J connectivity index is 1.97. The summed E-state index contributed by atoms with van der Waals surface area (Å²) in [5.74, 6) is -0.716. The third kappa shape index (κ3) is 2.84. The number of nitrogens with one attached hydrogen (secondary N) is 1. The van der Waals surface area contributed by atoms with Crippen LogP contribution in [0.3, 0.4) is 0 Å². The smallest absolute Gasteiger partial charge is 0.131 e. The summed E-state index contributed by atoms with van der Waals surface area (Å²) in [6, 6.07) is 10.1. The van der Waals surface area contributed by atoms with Crippen LogP contribution in [0.5, 0.6) is 0 Å². The van der Waals surface area contributed by atoms with Gasteiger partial charge in [0.05, 0.1) is 27.0 Å². The lowest BCUT2D eigenvalue weighted by molar-refractivity contribution is -0.254. The molecule has 1 N–H and O–H groups in total. The maximum absolute atomic E-state index is 11.1. The van der Waals surface area contributed by atoms with Crippen molar-refractivity contribution in [2.45, 2.75) is 0 Å². The van der Waals surface area contributed by atoms with E-state index in [1.54, 1.807) is 36.4 Å². The van der Waals surface area contributed by atoms with Crippen LogP contribution in [-0.4, -0.2) is 15.9 Å². The number of hydrogen-bond acceptors (Lipinski definition) is 3. The number of benzene rings is 2. The molecule has 0 atom stereocenters. The predicted molar refractivity (Wildman–Crippen MR) is 85.8 cm³/mol. The first kappa shape index (κ1) is 14.6. The van der Waals surface area contributed by atoms with Gasteiger partial charge >= 0.3 is 0 Å². The zero-order valence-electron chi connectivity index (χ0n) is 11.1. The number of aromatic carboxylic acids is 1. The second-order valence-corrected chi connectivity index (χ2v) is 5.43. The van der Waals surface area contributed by atoms with Gasteiger partial charge < -0.3 is 14.9 Å². The summed E-state index contributed by atoms with van der Waals surface area (Å²) in [6.07, 6.45) is 3.54. The first-order valence-electron chi connectivity index (χ1n) is 6.38. The zero-order valence-corrected chi connectivity index (χ0v) is 12.7. The third-order valence-corrected chi connectivity index (χ3v) is 3.87. The van der Waals surface area contributed by atoms with Crippen molar-refractivity contribution in [3.8, 4) is 0 Å². The number of imidazole rings is 1. The van der Waals surface area contributed by atoms with Gasteiger partial charge in [-0.3, -0.25) is 0 Å². The molecule has 4 nitrogen and oxygen atoms in total. The number of aromatic amines is 1. The molecule has 0 amide bonds. The fourth-order valence-corrected chi connectivity index (χ4v) is 2.39. The van der Waals surface area contributed by atoms with Crippen LogP contribution in [0, 0.1) is 0 Å². The maximum Gasteiger partial charge on any atom is 0.131 e. The van der Waals surface area contributed by atoms with E-state index in [0.29, 0.717) is 26.9 Å². The van der Waals surface area contributed by atoms with Crippen molar-refractivity contribution in [3.05, 3.63) is 63.4 Å². The minimum atomic E-state index is -1.25. The van der Waals surface area contributed by atoms with Crippen molar-refractivity contribution in [1.29, 1.82) is 0 Å². The molecule has 0 spiro atoms. The number of H-pyrrole nitrogens is 1. The molecule has 1 heterocycles. The van der Waals surface area contributed by atoms with Crippen molar-refractivity contribution >= 4 is 52.4 Å². The summed E-state index contributed by atoms with van der Waals surface area (Å²) in [5, 5.41) is 12.0. The number of nitrogens with zero attached hydrogens (tertiary/aromatic N) is 1. The summed E-state index contributed by atoms with van der Waals surface area (Å²) in [6.45, 7) is 0. The number of rotatable bonds is 3.